The van der Waals surface area contributed by atoms with Gasteiger partial charge in [-0.15, -0.1) is 0 Å². The molecule has 24 N–H and O–H groups in total. The summed E-state index contributed by atoms with van der Waals surface area (Å²) in [5.74, 6) is 1.39. The first-order chi connectivity index (χ1) is 10.8. The molecule has 2 aromatic rings. The van der Waals surface area contributed by atoms with Gasteiger partial charge in [-0.1, -0.05) is 12.1 Å². The Labute approximate surface area is 190 Å². The number of hydrogen-bond donors (Lipinski definition) is 2. The van der Waals surface area contributed by atoms with Gasteiger partial charge in [0.05, 0.1) is 12.4 Å². The Morgan fingerprint density at radius 3 is 0.839 bits per heavy atom. The Balaban J connectivity index is -0.0000000280. The van der Waals surface area contributed by atoms with Crippen LogP contribution >= 0.6 is 0 Å². The number of anilines is 2. The zero-order valence-electron chi connectivity index (χ0n) is 16.0. The Morgan fingerprint density at radius 1 is 0.581 bits per heavy atom. The van der Waals surface area contributed by atoms with Crippen molar-refractivity contribution in [2.24, 2.45) is 0 Å². The summed E-state index contributed by atoms with van der Waals surface area (Å²) >= 11 is 0. The van der Waals surface area contributed by atoms with Gasteiger partial charge in [-0.05, 0) is 12.1 Å². The largest absolute Gasteiger partial charge is 2.00 e. The second-order valence-corrected chi connectivity index (χ2v) is 5.09. The zero-order valence-corrected chi connectivity index (χ0v) is 20.6. The number of nitrogens with one attached hydrogen (secondary N) is 2. The molecule has 0 bridgehead atoms. The average Bonchev–Trinajstić information content (AvgIpc) is 2.37. The molecule has 0 saturated heterocycles. The van der Waals surface area contributed by atoms with E-state index in [0.29, 0.717) is 11.6 Å². The summed E-state index contributed by atoms with van der Waals surface area (Å²) in [5, 5.41) is 0. The molecule has 0 radical (unpaired) electrons. The second kappa shape index (κ2) is 30.2. The minimum Gasteiger partial charge on any atom is -0.759 e. The molecule has 0 fully saturated rings. The number of aromatic nitrogens is 2. The number of rotatable bonds is 0. The van der Waals surface area contributed by atoms with E-state index in [2.05, 4.69) is 9.97 Å². The normalized spacial score (nSPS) is 7.61. The van der Waals surface area contributed by atoms with Crippen LogP contribution in [0.25, 0.3) is 0 Å². The van der Waals surface area contributed by atoms with E-state index >= 15 is 0 Å². The molecule has 0 unspecified atom stereocenters. The van der Waals surface area contributed by atoms with Gasteiger partial charge in [0, 0.05) is 32.9 Å². The fraction of sp³-hybridized carbons (Fsp3) is 0. The third-order valence-corrected chi connectivity index (χ3v) is 1.47. The monoisotopic (exact) mass is 560 g/mol. The molecule has 0 spiro atoms. The molecular formula is C10H32N4O14S2Zn+6. The Kier molecular flexibility index (Phi) is 55.4. The van der Waals surface area contributed by atoms with Crippen LogP contribution < -0.4 is 21.4 Å². The van der Waals surface area contributed by atoms with Crippen LogP contribution in [0, 0.1) is 0 Å². The van der Waals surface area contributed by atoms with Gasteiger partial charge < -0.3 is 51.1 Å². The van der Waals surface area contributed by atoms with Crippen LogP contribution in [0.5, 0.6) is 0 Å². The molecule has 2 rings (SSSR count). The van der Waals surface area contributed by atoms with E-state index in [0.717, 1.165) is 0 Å². The maximum Gasteiger partial charge on any atom is 2.00 e. The topological polar surface area (TPSA) is 439 Å². The summed E-state index contributed by atoms with van der Waals surface area (Å²) in [6.45, 7) is 0. The second-order valence-electron chi connectivity index (χ2n) is 3.45. The van der Waals surface area contributed by atoms with Gasteiger partial charge in [-0.25, -0.2) is 9.97 Å². The van der Waals surface area contributed by atoms with E-state index in [1.807, 2.05) is 24.3 Å². The number of nitrogens with two attached hydrogens (primary N) is 2. The van der Waals surface area contributed by atoms with Crippen molar-refractivity contribution in [2.45, 2.75) is 0 Å². The van der Waals surface area contributed by atoms with E-state index in [1.165, 1.54) is 0 Å². The summed E-state index contributed by atoms with van der Waals surface area (Å²) in [5.41, 5.74) is 10.6. The van der Waals surface area contributed by atoms with Crippen LogP contribution in [-0.2, 0) is 73.1 Å². The molecular weight excluding hydrogens is 530 g/mol. The van der Waals surface area contributed by atoms with E-state index < -0.39 is 20.8 Å². The average molecular weight is 562 g/mol. The van der Waals surface area contributed by atoms with Crippen LogP contribution in [0.4, 0.5) is 11.6 Å². The van der Waals surface area contributed by atoms with Crippen LogP contribution in [0.15, 0.2) is 48.8 Å². The van der Waals surface area contributed by atoms with Gasteiger partial charge in [0.2, 0.25) is 0 Å². The molecule has 0 aliphatic rings. The summed E-state index contributed by atoms with van der Waals surface area (Å²) in [6.07, 6.45) is 3.57. The van der Waals surface area contributed by atoms with Crippen molar-refractivity contribution in [1.82, 2.24) is 0 Å². The molecule has 21 heteroatoms. The maximum atomic E-state index is 8.52. The van der Waals surface area contributed by atoms with Crippen molar-refractivity contribution in [3.8, 4) is 0 Å². The van der Waals surface area contributed by atoms with Gasteiger partial charge in [-0.3, -0.25) is 28.3 Å². The van der Waals surface area contributed by atoms with Crippen molar-refractivity contribution >= 4 is 32.4 Å². The summed E-state index contributed by atoms with van der Waals surface area (Å²) < 4.78 is 68.2. The fourth-order valence-corrected chi connectivity index (χ4v) is 0.814. The van der Waals surface area contributed by atoms with E-state index in [4.69, 9.17) is 46.5 Å². The molecule has 0 aliphatic carbocycles. The Morgan fingerprint density at radius 2 is 0.774 bits per heavy atom. The standard InChI is InChI=1S/2C5H6N2.2H2O4S.6H2O.Zn/c2*6-5-3-1-2-4-7-5;2*1-5(2,3)4;;;;;;;/h2*1-4H,(H2,6,7);2*(H2,1,2,3,4);6*1H2;/q;;;;;;;;;;+2/p+4. The Hall–Kier alpha value is -1.98. The van der Waals surface area contributed by atoms with Crippen molar-refractivity contribution in [3.63, 3.8) is 0 Å². The zero-order chi connectivity index (χ0) is 19.2. The van der Waals surface area contributed by atoms with Gasteiger partial charge in [0.15, 0.2) is 0 Å². The van der Waals surface area contributed by atoms with Crippen molar-refractivity contribution in [1.29, 1.82) is 0 Å². The first-order valence-corrected chi connectivity index (χ1v) is 8.23. The van der Waals surface area contributed by atoms with Gasteiger partial charge in [0.1, 0.15) is 0 Å². The van der Waals surface area contributed by atoms with Crippen LogP contribution in [-0.4, -0.2) is 35.0 Å². The minimum absolute atomic E-state index is 0. The van der Waals surface area contributed by atoms with Crippen LogP contribution in [0.1, 0.15) is 0 Å². The van der Waals surface area contributed by atoms with E-state index in [1.54, 1.807) is 24.5 Å². The fourth-order valence-electron chi connectivity index (χ4n) is 0.814. The summed E-state index contributed by atoms with van der Waals surface area (Å²) in [6, 6.07) is 11.1. The number of H-pyrrole nitrogens is 2. The summed E-state index contributed by atoms with van der Waals surface area (Å²) in [7, 11) is -10.3. The quantitative estimate of drug-likeness (QED) is 0.132. The predicted octanol–water partition coefficient (Wildman–Crippen LogP) is -8.04. The van der Waals surface area contributed by atoms with Crippen molar-refractivity contribution in [2.75, 3.05) is 11.5 Å². The first-order valence-electron chi connectivity index (χ1n) is 5.57. The van der Waals surface area contributed by atoms with E-state index in [9.17, 15) is 0 Å². The third kappa shape index (κ3) is 96.5. The number of hydrogen-bond acceptors (Lipinski definition) is 10. The van der Waals surface area contributed by atoms with Gasteiger partial charge in [-0.2, -0.15) is 0 Å². The molecule has 0 aliphatic heterocycles. The third-order valence-electron chi connectivity index (χ3n) is 1.47. The first kappa shape index (κ1) is 56.8. The van der Waals surface area contributed by atoms with Crippen LogP contribution in [0.3, 0.4) is 0 Å². The Bertz CT molecular complexity index is 685. The summed E-state index contributed by atoms with van der Waals surface area (Å²) in [4.78, 5) is 5.62. The molecule has 0 saturated carbocycles. The van der Waals surface area contributed by atoms with Crippen LogP contribution in [0.2, 0.25) is 0 Å². The molecule has 31 heavy (non-hydrogen) atoms. The molecule has 18 nitrogen and oxygen atoms in total. The minimum atomic E-state index is -5.17. The molecule has 184 valence electrons. The molecule has 0 atom stereocenters. The predicted molar refractivity (Wildman–Crippen MR) is 105 cm³/mol. The van der Waals surface area contributed by atoms with Crippen molar-refractivity contribution < 1.29 is 97.3 Å². The maximum absolute atomic E-state index is 8.52. The number of aromatic amines is 2. The van der Waals surface area contributed by atoms with Gasteiger partial charge >= 0.3 is 19.5 Å². The van der Waals surface area contributed by atoms with Gasteiger partial charge in [0.25, 0.3) is 11.6 Å². The number of pyridine rings is 2. The molecule has 2 aromatic heterocycles. The molecule has 0 amide bonds. The molecule has 2 heterocycles. The van der Waals surface area contributed by atoms with E-state index in [-0.39, 0.29) is 52.3 Å². The number of nitrogen functional groups attached to an aromatic ring is 2. The molecule has 0 aromatic carbocycles. The SMILES string of the molecule is Nc1cccc[nH+]1.Nc1cccc[nH+]1.O=S(=O)([O-])[O-].O=S(=O)([O-])[O-].[OH3+].[OH3+].[OH3+].[OH3+].[OH3+].[OH3+].[Zn+2]. The smallest absolute Gasteiger partial charge is 0.759 e. The van der Waals surface area contributed by atoms with Crippen molar-refractivity contribution in [3.05, 3.63) is 48.8 Å².